The van der Waals surface area contributed by atoms with E-state index in [1.807, 2.05) is 66.9 Å². The van der Waals surface area contributed by atoms with Crippen LogP contribution in [0.1, 0.15) is 16.1 Å². The summed E-state index contributed by atoms with van der Waals surface area (Å²) < 4.78 is 0. The minimum absolute atomic E-state index is 0.258. The van der Waals surface area contributed by atoms with Crippen molar-refractivity contribution < 1.29 is 4.79 Å². The van der Waals surface area contributed by atoms with E-state index in [1.165, 1.54) is 16.9 Å². The highest BCUT2D eigenvalue weighted by Crippen LogP contribution is 2.27. The van der Waals surface area contributed by atoms with E-state index >= 15 is 0 Å². The van der Waals surface area contributed by atoms with Gasteiger partial charge in [0.05, 0.1) is 11.9 Å². The monoisotopic (exact) mass is 360 g/mol. The fourth-order valence-electron chi connectivity index (χ4n) is 2.64. The Bertz CT molecular complexity index is 1040. The summed E-state index contributed by atoms with van der Waals surface area (Å²) in [4.78, 5) is 17.2. The molecule has 0 saturated carbocycles. The summed E-state index contributed by atoms with van der Waals surface area (Å²) in [5, 5.41) is 12.1. The van der Waals surface area contributed by atoms with Crippen molar-refractivity contribution in [3.05, 3.63) is 77.4 Å². The van der Waals surface area contributed by atoms with Crippen molar-refractivity contribution in [2.45, 2.75) is 6.92 Å². The molecule has 0 bridgehead atoms. The number of rotatable bonds is 4. The van der Waals surface area contributed by atoms with Gasteiger partial charge < -0.3 is 0 Å². The topological polar surface area (TPSA) is 70.7 Å². The lowest BCUT2D eigenvalue weighted by Gasteiger charge is -2.03. The molecule has 5 nitrogen and oxygen atoms in total. The molecule has 0 aliphatic rings. The number of carbonyl (C=O) groups is 1. The second-order valence-electron chi connectivity index (χ2n) is 5.88. The molecule has 1 amide bonds. The van der Waals surface area contributed by atoms with E-state index in [0.29, 0.717) is 10.8 Å². The number of anilines is 1. The van der Waals surface area contributed by atoms with Crippen molar-refractivity contribution in [2.75, 3.05) is 5.32 Å². The van der Waals surface area contributed by atoms with Crippen LogP contribution >= 0.6 is 11.3 Å². The van der Waals surface area contributed by atoms with E-state index in [-0.39, 0.29) is 5.91 Å². The number of hydrogen-bond acceptors (Lipinski definition) is 4. The van der Waals surface area contributed by atoms with Gasteiger partial charge in [0.15, 0.2) is 5.13 Å². The molecule has 2 heterocycles. The third kappa shape index (κ3) is 3.27. The lowest BCUT2D eigenvalue weighted by atomic mass is 10.1. The molecule has 0 unspecified atom stereocenters. The number of thiazole rings is 1. The number of aromatic amines is 1. The van der Waals surface area contributed by atoms with Gasteiger partial charge in [0.2, 0.25) is 0 Å². The van der Waals surface area contributed by atoms with Gasteiger partial charge in [-0.2, -0.15) is 5.10 Å². The van der Waals surface area contributed by atoms with Crippen LogP contribution in [0.4, 0.5) is 5.13 Å². The second kappa shape index (κ2) is 6.93. The van der Waals surface area contributed by atoms with Crippen LogP contribution < -0.4 is 5.32 Å². The molecular formula is C20H16N4OS. The summed E-state index contributed by atoms with van der Waals surface area (Å²) in [5.41, 5.74) is 5.19. The van der Waals surface area contributed by atoms with Gasteiger partial charge in [-0.15, -0.1) is 11.3 Å². The molecule has 0 fully saturated rings. The van der Waals surface area contributed by atoms with E-state index in [2.05, 4.69) is 20.5 Å². The van der Waals surface area contributed by atoms with Crippen LogP contribution in [0.25, 0.3) is 22.4 Å². The molecule has 4 rings (SSSR count). The Morgan fingerprint density at radius 2 is 1.81 bits per heavy atom. The average molecular weight is 360 g/mol. The van der Waals surface area contributed by atoms with E-state index in [0.717, 1.165) is 22.4 Å². The third-order valence-corrected chi connectivity index (χ3v) is 4.78. The van der Waals surface area contributed by atoms with Crippen LogP contribution in [0.3, 0.4) is 0 Å². The molecule has 2 aromatic carbocycles. The first kappa shape index (κ1) is 16.2. The van der Waals surface area contributed by atoms with Gasteiger partial charge in [0.1, 0.15) is 5.69 Å². The lowest BCUT2D eigenvalue weighted by Crippen LogP contribution is -2.13. The van der Waals surface area contributed by atoms with Crippen LogP contribution in [0.5, 0.6) is 0 Å². The predicted molar refractivity (Wildman–Crippen MR) is 104 cm³/mol. The molecule has 6 heteroatoms. The van der Waals surface area contributed by atoms with Gasteiger partial charge in [-0.3, -0.25) is 15.2 Å². The van der Waals surface area contributed by atoms with Crippen LogP contribution in [0, 0.1) is 6.92 Å². The third-order valence-electron chi connectivity index (χ3n) is 4.02. The molecule has 2 aromatic heterocycles. The van der Waals surface area contributed by atoms with Gasteiger partial charge in [-0.05, 0) is 12.5 Å². The molecule has 0 atom stereocenters. The summed E-state index contributed by atoms with van der Waals surface area (Å²) in [6.07, 6.45) is 1.66. The molecule has 0 aliphatic heterocycles. The first-order valence-electron chi connectivity index (χ1n) is 8.13. The van der Waals surface area contributed by atoms with Crippen molar-refractivity contribution in [3.63, 3.8) is 0 Å². The number of hydrogen-bond donors (Lipinski definition) is 2. The predicted octanol–water partition coefficient (Wildman–Crippen LogP) is 4.76. The Labute approximate surface area is 154 Å². The molecule has 4 aromatic rings. The van der Waals surface area contributed by atoms with Crippen LogP contribution in [-0.4, -0.2) is 21.1 Å². The number of aryl methyl sites for hydroxylation is 1. The maximum atomic E-state index is 12.6. The molecular weight excluding hydrogens is 344 g/mol. The number of amides is 1. The SMILES string of the molecule is Cc1ccc(-c2csc(NC(=O)c3[nH]ncc3-c3ccccc3)n2)cc1. The quantitative estimate of drug-likeness (QED) is 0.551. The molecule has 0 saturated heterocycles. The summed E-state index contributed by atoms with van der Waals surface area (Å²) in [7, 11) is 0. The van der Waals surface area contributed by atoms with Crippen LogP contribution in [0.15, 0.2) is 66.2 Å². The summed E-state index contributed by atoms with van der Waals surface area (Å²) in [6, 6.07) is 17.8. The van der Waals surface area contributed by atoms with E-state index in [4.69, 9.17) is 0 Å². The Morgan fingerprint density at radius 1 is 1.04 bits per heavy atom. The zero-order valence-corrected chi connectivity index (χ0v) is 14.9. The van der Waals surface area contributed by atoms with Crippen LogP contribution in [0.2, 0.25) is 0 Å². The summed E-state index contributed by atoms with van der Waals surface area (Å²) in [5.74, 6) is -0.258. The Morgan fingerprint density at radius 3 is 2.58 bits per heavy atom. The number of H-pyrrole nitrogens is 1. The zero-order chi connectivity index (χ0) is 17.9. The van der Waals surface area contributed by atoms with Crippen molar-refractivity contribution in [2.24, 2.45) is 0 Å². The largest absolute Gasteiger partial charge is 0.296 e. The van der Waals surface area contributed by atoms with Crippen molar-refractivity contribution in [1.29, 1.82) is 0 Å². The summed E-state index contributed by atoms with van der Waals surface area (Å²) in [6.45, 7) is 2.05. The molecule has 0 spiro atoms. The standard InChI is InChI=1S/C20H16N4OS/c1-13-7-9-15(10-8-13)17-12-26-20(22-17)23-19(25)18-16(11-21-24-18)14-5-3-2-4-6-14/h2-12H,1H3,(H,21,24)(H,22,23,25). The molecule has 0 radical (unpaired) electrons. The highest BCUT2D eigenvalue weighted by Gasteiger charge is 2.17. The highest BCUT2D eigenvalue weighted by molar-refractivity contribution is 7.14. The lowest BCUT2D eigenvalue weighted by molar-refractivity contribution is 0.102. The Kier molecular flexibility index (Phi) is 4.33. The summed E-state index contributed by atoms with van der Waals surface area (Å²) >= 11 is 1.40. The Hall–Kier alpha value is -3.25. The van der Waals surface area contributed by atoms with Crippen molar-refractivity contribution in [1.82, 2.24) is 15.2 Å². The molecule has 0 aliphatic carbocycles. The second-order valence-corrected chi connectivity index (χ2v) is 6.74. The van der Waals surface area contributed by atoms with Crippen molar-refractivity contribution >= 4 is 22.4 Å². The molecule has 26 heavy (non-hydrogen) atoms. The minimum atomic E-state index is -0.258. The van der Waals surface area contributed by atoms with Gasteiger partial charge >= 0.3 is 0 Å². The zero-order valence-electron chi connectivity index (χ0n) is 14.1. The maximum Gasteiger partial charge on any atom is 0.276 e. The van der Waals surface area contributed by atoms with Crippen LogP contribution in [-0.2, 0) is 0 Å². The fourth-order valence-corrected chi connectivity index (χ4v) is 3.36. The van der Waals surface area contributed by atoms with Crippen molar-refractivity contribution in [3.8, 4) is 22.4 Å². The van der Waals surface area contributed by atoms with E-state index in [9.17, 15) is 4.79 Å². The fraction of sp³-hybridized carbons (Fsp3) is 0.0500. The molecule has 2 N–H and O–H groups in total. The average Bonchev–Trinajstić information content (AvgIpc) is 3.32. The number of aromatic nitrogens is 3. The number of benzene rings is 2. The van der Waals surface area contributed by atoms with Gasteiger partial charge in [0.25, 0.3) is 5.91 Å². The van der Waals surface area contributed by atoms with E-state index in [1.54, 1.807) is 6.20 Å². The Balaban J connectivity index is 1.55. The molecule has 128 valence electrons. The van der Waals surface area contributed by atoms with Gasteiger partial charge in [-0.25, -0.2) is 4.98 Å². The van der Waals surface area contributed by atoms with E-state index < -0.39 is 0 Å². The number of carbonyl (C=O) groups excluding carboxylic acids is 1. The number of nitrogens with one attached hydrogen (secondary N) is 2. The maximum absolute atomic E-state index is 12.6. The minimum Gasteiger partial charge on any atom is -0.296 e. The first-order valence-corrected chi connectivity index (χ1v) is 9.01. The highest BCUT2D eigenvalue weighted by atomic mass is 32.1. The van der Waals surface area contributed by atoms with Gasteiger partial charge in [-0.1, -0.05) is 60.2 Å². The number of nitrogens with zero attached hydrogens (tertiary/aromatic N) is 2. The normalized spacial score (nSPS) is 10.7. The van der Waals surface area contributed by atoms with Gasteiger partial charge in [0, 0.05) is 16.5 Å². The first-order chi connectivity index (χ1) is 12.7. The smallest absolute Gasteiger partial charge is 0.276 e.